The Hall–Kier alpha value is -1.85. The molecule has 6 heteroatoms. The summed E-state index contributed by atoms with van der Waals surface area (Å²) < 4.78 is 12.0. The Morgan fingerprint density at radius 2 is 2.50 bits per heavy atom. The van der Waals surface area contributed by atoms with E-state index in [2.05, 4.69) is 10.1 Å². The number of hydrogen-bond donors (Lipinski definition) is 0. The van der Waals surface area contributed by atoms with Crippen LogP contribution < -0.4 is 0 Å². The molecule has 0 saturated carbocycles. The number of nitrogens with zero attached hydrogens (tertiary/aromatic N) is 3. The summed E-state index contributed by atoms with van der Waals surface area (Å²) in [5.41, 5.74) is -0.115. The van der Waals surface area contributed by atoms with E-state index in [1.54, 1.807) is 13.2 Å². The third-order valence-electron chi connectivity index (χ3n) is 3.49. The summed E-state index contributed by atoms with van der Waals surface area (Å²) >= 11 is 0. The van der Waals surface area contributed by atoms with Crippen molar-refractivity contribution in [1.29, 1.82) is 0 Å². The summed E-state index contributed by atoms with van der Waals surface area (Å²) in [7, 11) is 0. The lowest BCUT2D eigenvalue weighted by Gasteiger charge is -2.26. The number of esters is 1. The van der Waals surface area contributed by atoms with Gasteiger partial charge in [0.2, 0.25) is 0 Å². The molecule has 96 valence electrons. The van der Waals surface area contributed by atoms with E-state index in [9.17, 15) is 4.79 Å². The molecule has 0 saturated heterocycles. The molecular formula is C12H15N3O3. The molecule has 3 heterocycles. The predicted octanol–water partition coefficient (Wildman–Crippen LogP) is 1.03. The predicted molar refractivity (Wildman–Crippen MR) is 62.0 cm³/mol. The first kappa shape index (κ1) is 11.3. The molecule has 1 aromatic heterocycles. The first-order valence-electron chi connectivity index (χ1n) is 6.17. The molecule has 2 aliphatic heterocycles. The Morgan fingerprint density at radius 3 is 3.22 bits per heavy atom. The zero-order chi connectivity index (χ0) is 12.6. The van der Waals surface area contributed by atoms with Crippen molar-refractivity contribution in [2.24, 2.45) is 0 Å². The molecule has 18 heavy (non-hydrogen) atoms. The van der Waals surface area contributed by atoms with E-state index in [1.807, 2.05) is 10.8 Å². The first-order chi connectivity index (χ1) is 8.75. The highest BCUT2D eigenvalue weighted by molar-refractivity contribution is 5.85. The lowest BCUT2D eigenvalue weighted by molar-refractivity contribution is 0.0511. The second kappa shape index (κ2) is 4.12. The molecule has 1 atom stereocenters. The van der Waals surface area contributed by atoms with Gasteiger partial charge in [0.15, 0.2) is 0 Å². The number of carbonyl (C=O) groups is 1. The Balaban J connectivity index is 1.94. The standard InChI is InChI=1S/C12H15N3O3/c1-2-18-10(16)9-13-11-12(3-6-15(11)14-9)4-7-17-8-5-12/h4,7H,2-3,5-6,8H2,1H3. The maximum Gasteiger partial charge on any atom is 0.378 e. The molecule has 1 aromatic rings. The molecule has 1 unspecified atom stereocenters. The maximum absolute atomic E-state index is 11.6. The minimum atomic E-state index is -0.453. The lowest BCUT2D eigenvalue weighted by atomic mass is 9.82. The minimum absolute atomic E-state index is 0.115. The van der Waals surface area contributed by atoms with Crippen molar-refractivity contribution in [3.05, 3.63) is 24.0 Å². The molecule has 6 nitrogen and oxygen atoms in total. The number of ether oxygens (including phenoxy) is 2. The third kappa shape index (κ3) is 1.60. The Labute approximate surface area is 105 Å². The number of aromatic nitrogens is 3. The highest BCUT2D eigenvalue weighted by Gasteiger charge is 2.42. The second-order valence-corrected chi connectivity index (χ2v) is 4.53. The van der Waals surface area contributed by atoms with Crippen molar-refractivity contribution in [3.8, 4) is 0 Å². The van der Waals surface area contributed by atoms with E-state index in [1.165, 1.54) is 0 Å². The van der Waals surface area contributed by atoms with Crippen LogP contribution >= 0.6 is 0 Å². The van der Waals surface area contributed by atoms with Gasteiger partial charge in [0.25, 0.3) is 5.82 Å². The number of rotatable bonds is 2. The van der Waals surface area contributed by atoms with Gasteiger partial charge in [-0.2, -0.15) is 0 Å². The molecule has 0 aromatic carbocycles. The largest absolute Gasteiger partial charge is 0.501 e. The summed E-state index contributed by atoms with van der Waals surface area (Å²) in [5.74, 6) is 0.557. The number of hydrogen-bond acceptors (Lipinski definition) is 5. The van der Waals surface area contributed by atoms with Gasteiger partial charge in [-0.05, 0) is 25.8 Å². The van der Waals surface area contributed by atoms with Crippen molar-refractivity contribution in [1.82, 2.24) is 14.8 Å². The monoisotopic (exact) mass is 249 g/mol. The number of carbonyl (C=O) groups excluding carboxylic acids is 1. The van der Waals surface area contributed by atoms with Crippen molar-refractivity contribution >= 4 is 5.97 Å². The van der Waals surface area contributed by atoms with E-state index >= 15 is 0 Å². The van der Waals surface area contributed by atoms with E-state index in [0.717, 1.165) is 25.2 Å². The SMILES string of the molecule is CCOC(=O)c1nc2n(n1)CCC21C=COCC1. The molecule has 2 aliphatic rings. The molecule has 1 spiro atoms. The summed E-state index contributed by atoms with van der Waals surface area (Å²) in [6, 6.07) is 0. The Morgan fingerprint density at radius 1 is 1.61 bits per heavy atom. The molecule has 0 N–H and O–H groups in total. The van der Waals surface area contributed by atoms with Crippen LogP contribution in [0.3, 0.4) is 0 Å². The van der Waals surface area contributed by atoms with Gasteiger partial charge in [-0.15, -0.1) is 5.10 Å². The molecule has 3 rings (SSSR count). The molecule has 0 amide bonds. The Kier molecular flexibility index (Phi) is 2.57. The zero-order valence-electron chi connectivity index (χ0n) is 10.3. The topological polar surface area (TPSA) is 66.2 Å². The normalized spacial score (nSPS) is 24.9. The van der Waals surface area contributed by atoms with Gasteiger partial charge < -0.3 is 9.47 Å². The molecule has 0 bridgehead atoms. The van der Waals surface area contributed by atoms with Gasteiger partial charge in [-0.1, -0.05) is 0 Å². The molecule has 0 fully saturated rings. The van der Waals surface area contributed by atoms with Gasteiger partial charge in [0, 0.05) is 6.54 Å². The van der Waals surface area contributed by atoms with E-state index in [4.69, 9.17) is 9.47 Å². The number of allylic oxidation sites excluding steroid dienone is 1. The van der Waals surface area contributed by atoms with Crippen LogP contribution in [-0.2, 0) is 21.4 Å². The summed E-state index contributed by atoms with van der Waals surface area (Å²) in [6.07, 6.45) is 5.59. The lowest BCUT2D eigenvalue weighted by Crippen LogP contribution is -2.26. The zero-order valence-corrected chi connectivity index (χ0v) is 10.3. The minimum Gasteiger partial charge on any atom is -0.501 e. The fraction of sp³-hybridized carbons (Fsp3) is 0.583. The quantitative estimate of drug-likeness (QED) is 0.732. The average molecular weight is 249 g/mol. The van der Waals surface area contributed by atoms with E-state index < -0.39 is 5.97 Å². The number of aryl methyl sites for hydroxylation is 1. The van der Waals surface area contributed by atoms with Crippen molar-refractivity contribution in [2.75, 3.05) is 13.2 Å². The van der Waals surface area contributed by atoms with E-state index in [0.29, 0.717) is 13.2 Å². The van der Waals surface area contributed by atoms with Crippen LogP contribution in [0.4, 0.5) is 0 Å². The van der Waals surface area contributed by atoms with Crippen molar-refractivity contribution in [3.63, 3.8) is 0 Å². The van der Waals surface area contributed by atoms with Gasteiger partial charge in [0.1, 0.15) is 5.82 Å². The second-order valence-electron chi connectivity index (χ2n) is 4.53. The Bertz CT molecular complexity index is 509. The molecule has 0 radical (unpaired) electrons. The third-order valence-corrected chi connectivity index (χ3v) is 3.49. The van der Waals surface area contributed by atoms with Gasteiger partial charge >= 0.3 is 5.97 Å². The average Bonchev–Trinajstić information content (AvgIpc) is 2.93. The van der Waals surface area contributed by atoms with Gasteiger partial charge in [-0.3, -0.25) is 0 Å². The van der Waals surface area contributed by atoms with Gasteiger partial charge in [0.05, 0.1) is 24.9 Å². The maximum atomic E-state index is 11.6. The molecule has 0 aliphatic carbocycles. The summed E-state index contributed by atoms with van der Waals surface area (Å²) in [5, 5.41) is 4.22. The highest BCUT2D eigenvalue weighted by Crippen LogP contribution is 2.39. The van der Waals surface area contributed by atoms with Crippen LogP contribution in [-0.4, -0.2) is 33.9 Å². The highest BCUT2D eigenvalue weighted by atomic mass is 16.5. The van der Waals surface area contributed by atoms with Crippen LogP contribution in [0, 0.1) is 0 Å². The smallest absolute Gasteiger partial charge is 0.378 e. The summed E-state index contributed by atoms with van der Waals surface area (Å²) in [6.45, 7) is 3.57. The van der Waals surface area contributed by atoms with Crippen LogP contribution in [0.2, 0.25) is 0 Å². The molecular weight excluding hydrogens is 234 g/mol. The fourth-order valence-corrected chi connectivity index (χ4v) is 2.53. The number of fused-ring (bicyclic) bond motifs is 2. The van der Waals surface area contributed by atoms with Gasteiger partial charge in [-0.25, -0.2) is 14.5 Å². The van der Waals surface area contributed by atoms with Crippen LogP contribution in [0.5, 0.6) is 0 Å². The van der Waals surface area contributed by atoms with Crippen LogP contribution in [0.25, 0.3) is 0 Å². The van der Waals surface area contributed by atoms with Crippen LogP contribution in [0.15, 0.2) is 12.3 Å². The van der Waals surface area contributed by atoms with Crippen LogP contribution in [0.1, 0.15) is 36.2 Å². The van der Waals surface area contributed by atoms with E-state index in [-0.39, 0.29) is 11.2 Å². The van der Waals surface area contributed by atoms with Crippen molar-refractivity contribution < 1.29 is 14.3 Å². The summed E-state index contributed by atoms with van der Waals surface area (Å²) in [4.78, 5) is 16.0. The first-order valence-corrected chi connectivity index (χ1v) is 6.17. The fourth-order valence-electron chi connectivity index (χ4n) is 2.53. The van der Waals surface area contributed by atoms with Crippen molar-refractivity contribution in [2.45, 2.75) is 31.7 Å².